The normalized spacial score (nSPS) is 23.6. The van der Waals surface area contributed by atoms with Crippen LogP contribution in [-0.2, 0) is 4.74 Å². The first-order valence-electron chi connectivity index (χ1n) is 5.95. The van der Waals surface area contributed by atoms with E-state index in [-0.39, 0.29) is 6.10 Å². The van der Waals surface area contributed by atoms with Gasteiger partial charge in [-0.3, -0.25) is 0 Å². The molecular weight excluding hydrogens is 188 g/mol. The SMILES string of the molecule is COC(C)C(C)NCC1(N(C)C)CCC1. The topological polar surface area (TPSA) is 24.5 Å². The molecule has 1 aliphatic rings. The van der Waals surface area contributed by atoms with Crippen molar-refractivity contribution in [2.75, 3.05) is 27.7 Å². The monoisotopic (exact) mass is 214 g/mol. The molecule has 0 aromatic heterocycles. The predicted octanol–water partition coefficient (Wildman–Crippen LogP) is 1.48. The van der Waals surface area contributed by atoms with Crippen LogP contribution in [0.25, 0.3) is 0 Å². The third-order valence-electron chi connectivity index (χ3n) is 4.06. The molecule has 3 heteroatoms. The maximum Gasteiger partial charge on any atom is 0.0693 e. The zero-order valence-corrected chi connectivity index (χ0v) is 10.8. The molecule has 0 bridgehead atoms. The third kappa shape index (κ3) is 2.92. The number of likely N-dealkylation sites (N-methyl/N-ethyl adjacent to an activating group) is 1. The van der Waals surface area contributed by atoms with E-state index in [0.29, 0.717) is 11.6 Å². The van der Waals surface area contributed by atoms with E-state index in [4.69, 9.17) is 4.74 Å². The second-order valence-electron chi connectivity index (χ2n) is 5.08. The molecule has 3 nitrogen and oxygen atoms in total. The minimum Gasteiger partial charge on any atom is -0.380 e. The number of nitrogens with one attached hydrogen (secondary N) is 1. The molecule has 0 aromatic carbocycles. The van der Waals surface area contributed by atoms with Gasteiger partial charge < -0.3 is 15.0 Å². The van der Waals surface area contributed by atoms with Crippen LogP contribution in [0.3, 0.4) is 0 Å². The molecule has 0 aliphatic heterocycles. The van der Waals surface area contributed by atoms with E-state index in [2.05, 4.69) is 38.2 Å². The Labute approximate surface area is 94.2 Å². The van der Waals surface area contributed by atoms with Crippen molar-refractivity contribution in [2.24, 2.45) is 0 Å². The summed E-state index contributed by atoms with van der Waals surface area (Å²) in [7, 11) is 6.14. The van der Waals surface area contributed by atoms with Gasteiger partial charge in [0, 0.05) is 25.2 Å². The fraction of sp³-hybridized carbons (Fsp3) is 1.00. The first kappa shape index (κ1) is 12.9. The fourth-order valence-electron chi connectivity index (χ4n) is 2.09. The van der Waals surface area contributed by atoms with Gasteiger partial charge in [0.2, 0.25) is 0 Å². The van der Waals surface area contributed by atoms with Crippen LogP contribution in [0, 0.1) is 0 Å². The number of rotatable bonds is 6. The Kier molecular flexibility index (Phi) is 4.56. The Hall–Kier alpha value is -0.120. The number of hydrogen-bond donors (Lipinski definition) is 1. The highest BCUT2D eigenvalue weighted by Crippen LogP contribution is 2.35. The van der Waals surface area contributed by atoms with E-state index in [0.717, 1.165) is 6.54 Å². The standard InChI is InChI=1S/C12H26N2O/c1-10(11(2)15-5)13-9-12(14(3)4)7-6-8-12/h10-11,13H,6-9H2,1-5H3. The first-order valence-corrected chi connectivity index (χ1v) is 5.95. The van der Waals surface area contributed by atoms with Gasteiger partial charge in [-0.15, -0.1) is 0 Å². The lowest BCUT2D eigenvalue weighted by atomic mass is 9.75. The van der Waals surface area contributed by atoms with Crippen molar-refractivity contribution in [3.8, 4) is 0 Å². The molecule has 0 spiro atoms. The van der Waals surface area contributed by atoms with Crippen LogP contribution in [0.2, 0.25) is 0 Å². The van der Waals surface area contributed by atoms with Gasteiger partial charge in [0.1, 0.15) is 0 Å². The van der Waals surface area contributed by atoms with Crippen molar-refractivity contribution in [1.29, 1.82) is 0 Å². The van der Waals surface area contributed by atoms with Gasteiger partial charge in [-0.05, 0) is 47.2 Å². The molecule has 0 radical (unpaired) electrons. The van der Waals surface area contributed by atoms with Gasteiger partial charge in [-0.1, -0.05) is 0 Å². The van der Waals surface area contributed by atoms with E-state index >= 15 is 0 Å². The molecule has 1 fully saturated rings. The van der Waals surface area contributed by atoms with Crippen LogP contribution in [0.5, 0.6) is 0 Å². The molecular formula is C12H26N2O. The average molecular weight is 214 g/mol. The molecule has 0 saturated heterocycles. The molecule has 15 heavy (non-hydrogen) atoms. The van der Waals surface area contributed by atoms with Gasteiger partial charge in [-0.2, -0.15) is 0 Å². The molecule has 0 heterocycles. The van der Waals surface area contributed by atoms with Crippen LogP contribution in [-0.4, -0.2) is 50.3 Å². The second kappa shape index (κ2) is 5.28. The summed E-state index contributed by atoms with van der Waals surface area (Å²) < 4.78 is 5.31. The highest BCUT2D eigenvalue weighted by atomic mass is 16.5. The van der Waals surface area contributed by atoms with Crippen LogP contribution >= 0.6 is 0 Å². The largest absolute Gasteiger partial charge is 0.380 e. The molecule has 90 valence electrons. The Morgan fingerprint density at radius 2 is 1.93 bits per heavy atom. The summed E-state index contributed by atoms with van der Waals surface area (Å²) in [5.41, 5.74) is 0.404. The van der Waals surface area contributed by atoms with E-state index < -0.39 is 0 Å². The number of hydrogen-bond acceptors (Lipinski definition) is 3. The lowest BCUT2D eigenvalue weighted by molar-refractivity contribution is 0.0415. The second-order valence-corrected chi connectivity index (χ2v) is 5.08. The third-order valence-corrected chi connectivity index (χ3v) is 4.06. The summed E-state index contributed by atoms with van der Waals surface area (Å²) in [4.78, 5) is 2.37. The van der Waals surface area contributed by atoms with Crippen molar-refractivity contribution in [2.45, 2.75) is 50.8 Å². The molecule has 1 N–H and O–H groups in total. The molecule has 2 unspecified atom stereocenters. The van der Waals surface area contributed by atoms with Crippen LogP contribution in [0.1, 0.15) is 33.1 Å². The lowest BCUT2D eigenvalue weighted by Gasteiger charge is -2.48. The van der Waals surface area contributed by atoms with E-state index in [9.17, 15) is 0 Å². The number of methoxy groups -OCH3 is 1. The molecule has 1 rings (SSSR count). The highest BCUT2D eigenvalue weighted by Gasteiger charge is 2.38. The minimum atomic E-state index is 0.282. The molecule has 0 aromatic rings. The zero-order chi connectivity index (χ0) is 11.5. The smallest absolute Gasteiger partial charge is 0.0693 e. The summed E-state index contributed by atoms with van der Waals surface area (Å²) in [5.74, 6) is 0. The fourth-order valence-corrected chi connectivity index (χ4v) is 2.09. The average Bonchev–Trinajstić information content (AvgIpc) is 2.14. The van der Waals surface area contributed by atoms with Gasteiger partial charge >= 0.3 is 0 Å². The molecule has 2 atom stereocenters. The van der Waals surface area contributed by atoms with E-state index in [1.807, 2.05) is 0 Å². The van der Waals surface area contributed by atoms with Gasteiger partial charge in [0.25, 0.3) is 0 Å². The Morgan fingerprint density at radius 3 is 2.27 bits per heavy atom. The van der Waals surface area contributed by atoms with E-state index in [1.54, 1.807) is 7.11 Å². The van der Waals surface area contributed by atoms with Gasteiger partial charge in [0.15, 0.2) is 0 Å². The van der Waals surface area contributed by atoms with Crippen molar-refractivity contribution in [1.82, 2.24) is 10.2 Å². The summed E-state index contributed by atoms with van der Waals surface area (Å²) in [6, 6.07) is 0.424. The Morgan fingerprint density at radius 1 is 1.33 bits per heavy atom. The van der Waals surface area contributed by atoms with Crippen LogP contribution in [0.4, 0.5) is 0 Å². The van der Waals surface area contributed by atoms with Crippen molar-refractivity contribution in [3.05, 3.63) is 0 Å². The highest BCUT2D eigenvalue weighted by molar-refractivity contribution is 4.98. The van der Waals surface area contributed by atoms with E-state index in [1.165, 1.54) is 19.3 Å². The summed E-state index contributed by atoms with van der Waals surface area (Å²) in [6.07, 6.45) is 4.29. The summed E-state index contributed by atoms with van der Waals surface area (Å²) >= 11 is 0. The number of nitrogens with zero attached hydrogens (tertiary/aromatic N) is 1. The van der Waals surface area contributed by atoms with Crippen molar-refractivity contribution < 1.29 is 4.74 Å². The van der Waals surface area contributed by atoms with Crippen molar-refractivity contribution in [3.63, 3.8) is 0 Å². The molecule has 0 amide bonds. The lowest BCUT2D eigenvalue weighted by Crippen LogP contribution is -2.58. The number of ether oxygens (including phenoxy) is 1. The Bertz CT molecular complexity index is 190. The molecule has 1 aliphatic carbocycles. The van der Waals surface area contributed by atoms with Crippen molar-refractivity contribution >= 4 is 0 Å². The quantitative estimate of drug-likeness (QED) is 0.725. The van der Waals surface area contributed by atoms with Crippen LogP contribution in [0.15, 0.2) is 0 Å². The zero-order valence-electron chi connectivity index (χ0n) is 10.8. The molecule has 1 saturated carbocycles. The maximum atomic E-state index is 5.31. The maximum absolute atomic E-state index is 5.31. The Balaban J connectivity index is 2.35. The summed E-state index contributed by atoms with van der Waals surface area (Å²) in [5, 5.41) is 3.59. The van der Waals surface area contributed by atoms with Gasteiger partial charge in [-0.25, -0.2) is 0 Å². The summed E-state index contributed by atoms with van der Waals surface area (Å²) in [6.45, 7) is 5.38. The predicted molar refractivity (Wildman–Crippen MR) is 64.2 cm³/mol. The van der Waals surface area contributed by atoms with Crippen LogP contribution < -0.4 is 5.32 Å². The minimum absolute atomic E-state index is 0.282. The van der Waals surface area contributed by atoms with Gasteiger partial charge in [0.05, 0.1) is 6.10 Å². The first-order chi connectivity index (χ1) is 7.02.